The molecule has 24 heavy (non-hydrogen) atoms. The van der Waals surface area contributed by atoms with Gasteiger partial charge < -0.3 is 14.2 Å². The molecule has 3 rings (SSSR count). The predicted octanol–water partition coefficient (Wildman–Crippen LogP) is 1.88. The van der Waals surface area contributed by atoms with Gasteiger partial charge in [-0.05, 0) is 23.8 Å². The number of ether oxygens (including phenoxy) is 3. The molecule has 0 radical (unpaired) electrons. The summed E-state index contributed by atoms with van der Waals surface area (Å²) in [5.74, 6) is 1.38. The highest BCUT2D eigenvalue weighted by Crippen LogP contribution is 2.33. The number of nitrogens with zero attached hydrogens (tertiary/aromatic N) is 2. The van der Waals surface area contributed by atoms with Crippen LogP contribution in [0.4, 0.5) is 0 Å². The van der Waals surface area contributed by atoms with Crippen molar-refractivity contribution in [2.45, 2.75) is 6.92 Å². The molecular formula is C16H16N2O5S. The van der Waals surface area contributed by atoms with Crippen molar-refractivity contribution in [3.63, 3.8) is 0 Å². The number of esters is 1. The number of carbonyl (C=O) groups excluding carboxylic acids is 2. The zero-order chi connectivity index (χ0) is 17.1. The molecule has 2 aliphatic rings. The topological polar surface area (TPSA) is 77.4 Å². The fourth-order valence-electron chi connectivity index (χ4n) is 2.19. The number of fused-ring (bicyclic) bond motifs is 1. The second kappa shape index (κ2) is 6.96. The Labute approximate surface area is 143 Å². The largest absolute Gasteiger partial charge is 0.465 e. The van der Waals surface area contributed by atoms with E-state index in [1.807, 2.05) is 12.1 Å². The Morgan fingerprint density at radius 1 is 1.42 bits per heavy atom. The number of rotatable bonds is 4. The number of hydrogen-bond donors (Lipinski definition) is 0. The van der Waals surface area contributed by atoms with Gasteiger partial charge in [-0.15, -0.1) is 0 Å². The zero-order valence-corrected chi connectivity index (χ0v) is 14.1. The maximum absolute atomic E-state index is 12.3. The highest BCUT2D eigenvalue weighted by molar-refractivity contribution is 8.13. The third-order valence-electron chi connectivity index (χ3n) is 3.35. The predicted molar refractivity (Wildman–Crippen MR) is 89.8 cm³/mol. The van der Waals surface area contributed by atoms with E-state index in [2.05, 4.69) is 4.99 Å². The highest BCUT2D eigenvalue weighted by Gasteiger charge is 2.27. The average molecular weight is 348 g/mol. The molecule has 8 heteroatoms. The summed E-state index contributed by atoms with van der Waals surface area (Å²) >= 11 is 1.36. The molecule has 2 aliphatic heterocycles. The standard InChI is InChI=1S/C16H16N2O5S/c1-10(19)21-5-6-24-16-17-12(15(20)18(16)2)7-11-3-4-13-14(8-11)23-9-22-13/h3-4,7-8H,5-6,9H2,1-2H3. The Hall–Kier alpha value is -2.48. The number of amidine groups is 1. The van der Waals surface area contributed by atoms with E-state index in [4.69, 9.17) is 14.2 Å². The molecule has 0 aliphatic carbocycles. The van der Waals surface area contributed by atoms with Gasteiger partial charge in [0.05, 0.1) is 0 Å². The van der Waals surface area contributed by atoms with Crippen LogP contribution in [0.2, 0.25) is 0 Å². The Morgan fingerprint density at radius 2 is 2.21 bits per heavy atom. The van der Waals surface area contributed by atoms with Gasteiger partial charge in [-0.1, -0.05) is 17.8 Å². The second-order valence-corrected chi connectivity index (χ2v) is 6.15. The van der Waals surface area contributed by atoms with E-state index in [1.54, 1.807) is 19.2 Å². The molecule has 126 valence electrons. The van der Waals surface area contributed by atoms with Crippen LogP contribution in [0.15, 0.2) is 28.9 Å². The van der Waals surface area contributed by atoms with E-state index < -0.39 is 0 Å². The Bertz CT molecular complexity index is 744. The first-order valence-electron chi connectivity index (χ1n) is 7.29. The summed E-state index contributed by atoms with van der Waals surface area (Å²) in [6.45, 7) is 1.85. The Balaban J connectivity index is 1.70. The van der Waals surface area contributed by atoms with Crippen molar-refractivity contribution < 1.29 is 23.8 Å². The molecule has 0 unspecified atom stereocenters. The maximum atomic E-state index is 12.3. The van der Waals surface area contributed by atoms with E-state index in [9.17, 15) is 9.59 Å². The number of thioether (sulfide) groups is 1. The van der Waals surface area contributed by atoms with Crippen molar-refractivity contribution in [3.8, 4) is 11.5 Å². The van der Waals surface area contributed by atoms with Gasteiger partial charge in [-0.3, -0.25) is 14.5 Å². The summed E-state index contributed by atoms with van der Waals surface area (Å²) in [6, 6.07) is 5.45. The summed E-state index contributed by atoms with van der Waals surface area (Å²) in [5.41, 5.74) is 1.16. The Morgan fingerprint density at radius 3 is 3.00 bits per heavy atom. The van der Waals surface area contributed by atoms with E-state index in [0.717, 1.165) is 5.56 Å². The highest BCUT2D eigenvalue weighted by atomic mass is 32.2. The van der Waals surface area contributed by atoms with Crippen molar-refractivity contribution in [2.24, 2.45) is 4.99 Å². The third kappa shape index (κ3) is 3.53. The quantitative estimate of drug-likeness (QED) is 0.470. The minimum Gasteiger partial charge on any atom is -0.465 e. The summed E-state index contributed by atoms with van der Waals surface area (Å²) < 4.78 is 15.5. The van der Waals surface area contributed by atoms with Crippen LogP contribution in [-0.2, 0) is 14.3 Å². The molecule has 1 aromatic carbocycles. The monoisotopic (exact) mass is 348 g/mol. The van der Waals surface area contributed by atoms with Crippen LogP contribution in [0, 0.1) is 0 Å². The van der Waals surface area contributed by atoms with Crippen LogP contribution in [0.3, 0.4) is 0 Å². The van der Waals surface area contributed by atoms with Gasteiger partial charge in [0.2, 0.25) is 6.79 Å². The molecule has 0 atom stereocenters. The number of hydrogen-bond acceptors (Lipinski definition) is 7. The van der Waals surface area contributed by atoms with Gasteiger partial charge >= 0.3 is 5.97 Å². The lowest BCUT2D eigenvalue weighted by Gasteiger charge is -2.10. The number of carbonyl (C=O) groups is 2. The lowest BCUT2D eigenvalue weighted by molar-refractivity contribution is -0.140. The van der Waals surface area contributed by atoms with E-state index in [0.29, 0.717) is 28.1 Å². The smallest absolute Gasteiger partial charge is 0.302 e. The molecule has 0 spiro atoms. The second-order valence-electron chi connectivity index (χ2n) is 5.09. The van der Waals surface area contributed by atoms with Crippen molar-refractivity contribution in [3.05, 3.63) is 29.5 Å². The maximum Gasteiger partial charge on any atom is 0.302 e. The van der Waals surface area contributed by atoms with Crippen molar-refractivity contribution in [1.82, 2.24) is 4.90 Å². The van der Waals surface area contributed by atoms with E-state index in [1.165, 1.54) is 23.6 Å². The third-order valence-corrected chi connectivity index (χ3v) is 4.34. The van der Waals surface area contributed by atoms with Gasteiger partial charge in [-0.25, -0.2) is 4.99 Å². The van der Waals surface area contributed by atoms with Crippen molar-refractivity contribution in [1.29, 1.82) is 0 Å². The van der Waals surface area contributed by atoms with Gasteiger partial charge in [0.15, 0.2) is 16.7 Å². The molecule has 0 bridgehead atoms. The van der Waals surface area contributed by atoms with Crippen molar-refractivity contribution in [2.75, 3.05) is 26.2 Å². The van der Waals surface area contributed by atoms with Crippen LogP contribution in [0.1, 0.15) is 12.5 Å². The number of likely N-dealkylation sites (N-methyl/N-ethyl adjacent to an activating group) is 1. The van der Waals surface area contributed by atoms with Gasteiger partial charge in [0, 0.05) is 19.7 Å². The van der Waals surface area contributed by atoms with Crippen LogP contribution in [0.25, 0.3) is 6.08 Å². The molecule has 0 saturated carbocycles. The van der Waals surface area contributed by atoms with E-state index >= 15 is 0 Å². The molecule has 0 saturated heterocycles. The first kappa shape index (κ1) is 16.4. The summed E-state index contributed by atoms with van der Waals surface area (Å²) in [6.07, 6.45) is 1.71. The lowest BCUT2D eigenvalue weighted by atomic mass is 10.1. The summed E-state index contributed by atoms with van der Waals surface area (Å²) in [5, 5.41) is 0.583. The summed E-state index contributed by atoms with van der Waals surface area (Å²) in [7, 11) is 1.67. The first-order chi connectivity index (χ1) is 11.5. The van der Waals surface area contributed by atoms with Gasteiger partial charge in [0.1, 0.15) is 12.3 Å². The fraction of sp³-hybridized carbons (Fsp3) is 0.312. The molecule has 0 fully saturated rings. The Kier molecular flexibility index (Phi) is 4.75. The number of aliphatic imine (C=N–C) groups is 1. The molecule has 0 N–H and O–H groups in total. The van der Waals surface area contributed by atoms with Gasteiger partial charge in [0.25, 0.3) is 5.91 Å². The lowest BCUT2D eigenvalue weighted by Crippen LogP contribution is -2.26. The van der Waals surface area contributed by atoms with Crippen LogP contribution in [-0.4, -0.2) is 48.1 Å². The molecule has 7 nitrogen and oxygen atoms in total. The van der Waals surface area contributed by atoms with Crippen LogP contribution >= 0.6 is 11.8 Å². The zero-order valence-electron chi connectivity index (χ0n) is 13.3. The van der Waals surface area contributed by atoms with Crippen molar-refractivity contribution >= 4 is 34.9 Å². The SMILES string of the molecule is CC(=O)OCCSC1=NC(=Cc2ccc3c(c2)OCO3)C(=O)N1C. The minimum absolute atomic E-state index is 0.178. The average Bonchev–Trinajstić information content (AvgIpc) is 3.11. The van der Waals surface area contributed by atoms with Crippen LogP contribution < -0.4 is 9.47 Å². The number of benzene rings is 1. The molecule has 1 amide bonds. The van der Waals surface area contributed by atoms with E-state index in [-0.39, 0.29) is 25.3 Å². The number of amides is 1. The normalized spacial score (nSPS) is 17.4. The van der Waals surface area contributed by atoms with Crippen LogP contribution in [0.5, 0.6) is 11.5 Å². The fourth-order valence-corrected chi connectivity index (χ4v) is 2.98. The molecule has 1 aromatic rings. The van der Waals surface area contributed by atoms with Gasteiger partial charge in [-0.2, -0.15) is 0 Å². The minimum atomic E-state index is -0.322. The molecule has 0 aromatic heterocycles. The molecule has 2 heterocycles. The first-order valence-corrected chi connectivity index (χ1v) is 8.27. The molecular weight excluding hydrogens is 332 g/mol. The summed E-state index contributed by atoms with van der Waals surface area (Å²) in [4.78, 5) is 28.9.